The Hall–Kier alpha value is -3.48. The van der Waals surface area contributed by atoms with Crippen LogP contribution in [-0.4, -0.2) is 17.1 Å². The maximum absolute atomic E-state index is 12.7. The molecule has 32 heavy (non-hydrogen) atoms. The highest BCUT2D eigenvalue weighted by molar-refractivity contribution is 7.20. The Morgan fingerprint density at radius 1 is 1.06 bits per heavy atom. The van der Waals surface area contributed by atoms with E-state index in [0.29, 0.717) is 27.3 Å². The second kappa shape index (κ2) is 10.2. The van der Waals surface area contributed by atoms with Gasteiger partial charge in [0.25, 0.3) is 0 Å². The summed E-state index contributed by atoms with van der Waals surface area (Å²) >= 11 is 7.36. The minimum Gasteiger partial charge on any atom is -0.316 e. The van der Waals surface area contributed by atoms with Crippen LogP contribution in [0.5, 0.6) is 0 Å². The second-order valence-electron chi connectivity index (χ2n) is 7.20. The van der Waals surface area contributed by atoms with Crippen molar-refractivity contribution < 1.29 is 4.79 Å². The summed E-state index contributed by atoms with van der Waals surface area (Å²) < 4.78 is 0. The molecule has 0 unspecified atom stereocenters. The fourth-order valence-electron chi connectivity index (χ4n) is 3.06. The maximum atomic E-state index is 12.7. The lowest BCUT2D eigenvalue weighted by molar-refractivity contribution is -0.115. The van der Waals surface area contributed by atoms with Gasteiger partial charge in [0.05, 0.1) is 12.6 Å². The van der Waals surface area contributed by atoms with Gasteiger partial charge in [-0.25, -0.2) is 4.98 Å². The highest BCUT2D eigenvalue weighted by Crippen LogP contribution is 2.36. The van der Waals surface area contributed by atoms with Gasteiger partial charge >= 0.3 is 0 Å². The zero-order chi connectivity index (χ0) is 22.3. The van der Waals surface area contributed by atoms with Crippen LogP contribution in [0.2, 0.25) is 5.02 Å². The highest BCUT2D eigenvalue weighted by atomic mass is 35.5. The van der Waals surface area contributed by atoms with Crippen LogP contribution in [0.4, 0.5) is 10.1 Å². The van der Waals surface area contributed by atoms with Crippen LogP contribution in [0.1, 0.15) is 16.7 Å². The van der Waals surface area contributed by atoms with Crippen molar-refractivity contribution in [2.24, 2.45) is 5.10 Å². The molecule has 5 nitrogen and oxygen atoms in total. The Kier molecular flexibility index (Phi) is 6.94. The molecule has 7 heteroatoms. The number of hydrogen-bond acceptors (Lipinski definition) is 5. The third kappa shape index (κ3) is 5.81. The van der Waals surface area contributed by atoms with E-state index in [1.807, 2.05) is 85.8 Å². The van der Waals surface area contributed by atoms with Gasteiger partial charge < -0.3 is 5.32 Å². The molecular weight excluding hydrogens is 440 g/mol. The molecule has 0 bridgehead atoms. The van der Waals surface area contributed by atoms with E-state index in [4.69, 9.17) is 11.6 Å². The summed E-state index contributed by atoms with van der Waals surface area (Å²) in [4.78, 5) is 17.3. The van der Waals surface area contributed by atoms with Gasteiger partial charge in [-0.15, -0.1) is 0 Å². The summed E-state index contributed by atoms with van der Waals surface area (Å²) in [5, 5.41) is 9.18. The van der Waals surface area contributed by atoms with Crippen LogP contribution in [0.25, 0.3) is 11.3 Å². The summed E-state index contributed by atoms with van der Waals surface area (Å²) in [5.41, 5.74) is 7.57. The van der Waals surface area contributed by atoms with Crippen molar-refractivity contribution in [2.75, 3.05) is 10.7 Å². The molecule has 0 radical (unpaired) electrons. The number of anilines is 2. The number of rotatable bonds is 7. The first-order chi connectivity index (χ1) is 15.6. The van der Waals surface area contributed by atoms with E-state index in [0.717, 1.165) is 22.3 Å². The van der Waals surface area contributed by atoms with Crippen molar-refractivity contribution in [2.45, 2.75) is 13.3 Å². The third-order valence-electron chi connectivity index (χ3n) is 4.64. The fourth-order valence-corrected chi connectivity index (χ4v) is 4.11. The predicted octanol–water partition coefficient (Wildman–Crippen LogP) is 6.40. The molecule has 0 aliphatic rings. The Morgan fingerprint density at radius 2 is 1.84 bits per heavy atom. The number of hydrogen-bond donors (Lipinski definition) is 2. The van der Waals surface area contributed by atoms with E-state index in [2.05, 4.69) is 20.8 Å². The topological polar surface area (TPSA) is 66.4 Å². The smallest absolute Gasteiger partial charge is 0.229 e. The van der Waals surface area contributed by atoms with Crippen molar-refractivity contribution in [1.82, 2.24) is 4.98 Å². The Morgan fingerprint density at radius 3 is 2.59 bits per heavy atom. The van der Waals surface area contributed by atoms with E-state index >= 15 is 0 Å². The average Bonchev–Trinajstić information content (AvgIpc) is 3.17. The summed E-state index contributed by atoms with van der Waals surface area (Å²) in [7, 11) is 0. The van der Waals surface area contributed by atoms with Gasteiger partial charge in [-0.1, -0.05) is 95.2 Å². The lowest BCUT2D eigenvalue weighted by Gasteiger charge is -2.06. The van der Waals surface area contributed by atoms with E-state index in [1.54, 1.807) is 6.21 Å². The predicted molar refractivity (Wildman–Crippen MR) is 134 cm³/mol. The molecule has 160 valence electrons. The van der Waals surface area contributed by atoms with Gasteiger partial charge in [0.1, 0.15) is 10.7 Å². The molecule has 1 heterocycles. The Labute approximate surface area is 195 Å². The first-order valence-electron chi connectivity index (χ1n) is 10.0. The van der Waals surface area contributed by atoms with E-state index in [-0.39, 0.29) is 5.91 Å². The van der Waals surface area contributed by atoms with Crippen LogP contribution >= 0.6 is 22.9 Å². The number of benzene rings is 3. The Bertz CT molecular complexity index is 1240. The van der Waals surface area contributed by atoms with Gasteiger partial charge in [0.2, 0.25) is 11.0 Å². The monoisotopic (exact) mass is 460 g/mol. The third-order valence-corrected chi connectivity index (χ3v) is 5.75. The first-order valence-corrected chi connectivity index (χ1v) is 11.2. The van der Waals surface area contributed by atoms with Gasteiger partial charge in [-0.2, -0.15) is 5.10 Å². The Balaban J connectivity index is 1.55. The number of aryl methyl sites for hydroxylation is 1. The van der Waals surface area contributed by atoms with Gasteiger partial charge in [0.15, 0.2) is 0 Å². The number of thiazole rings is 1. The first kappa shape index (κ1) is 21.7. The molecule has 0 saturated carbocycles. The van der Waals surface area contributed by atoms with Crippen LogP contribution < -0.4 is 10.7 Å². The number of nitrogens with zero attached hydrogens (tertiary/aromatic N) is 2. The normalized spacial score (nSPS) is 10.9. The molecule has 0 fully saturated rings. The zero-order valence-corrected chi connectivity index (χ0v) is 19.0. The average molecular weight is 461 g/mol. The van der Waals surface area contributed by atoms with Gasteiger partial charge in [-0.3, -0.25) is 10.2 Å². The molecule has 4 rings (SSSR count). The lowest BCUT2D eigenvalue weighted by atomic mass is 10.1. The molecule has 0 spiro atoms. The summed E-state index contributed by atoms with van der Waals surface area (Å²) in [6.07, 6.45) is 1.97. The number of amides is 1. The molecule has 0 saturated heterocycles. The number of carbonyl (C=O) groups is 1. The highest BCUT2D eigenvalue weighted by Gasteiger charge is 2.16. The quantitative estimate of drug-likeness (QED) is 0.248. The summed E-state index contributed by atoms with van der Waals surface area (Å²) in [6.45, 7) is 2.03. The number of halogens is 1. The van der Waals surface area contributed by atoms with E-state index < -0.39 is 0 Å². The number of aromatic nitrogens is 1. The van der Waals surface area contributed by atoms with Gasteiger partial charge in [0, 0.05) is 10.6 Å². The number of hydrazone groups is 1. The largest absolute Gasteiger partial charge is 0.316 e. The minimum absolute atomic E-state index is 0.0952. The van der Waals surface area contributed by atoms with E-state index in [9.17, 15) is 4.79 Å². The minimum atomic E-state index is -0.0952. The van der Waals surface area contributed by atoms with Gasteiger partial charge in [-0.05, 0) is 30.2 Å². The standard InChI is InChI=1S/C25H21ClN4OS/c1-17-10-12-20(13-11-17)23-24(28-22(31)15-18-6-3-2-4-7-18)32-25(29-23)30-27-16-19-8-5-9-21(26)14-19/h2-14,16H,15H2,1H3,(H,28,31)(H,29,30)/b27-16+. The molecule has 0 atom stereocenters. The number of carbonyl (C=O) groups excluding carboxylic acids is 1. The molecule has 1 amide bonds. The van der Waals surface area contributed by atoms with E-state index in [1.165, 1.54) is 11.3 Å². The van der Waals surface area contributed by atoms with Crippen LogP contribution in [0.15, 0.2) is 84.0 Å². The molecule has 0 aliphatic carbocycles. The second-order valence-corrected chi connectivity index (χ2v) is 8.63. The summed E-state index contributed by atoms with van der Waals surface area (Å²) in [6, 6.07) is 25.1. The molecule has 0 aliphatic heterocycles. The zero-order valence-electron chi connectivity index (χ0n) is 17.4. The van der Waals surface area contributed by atoms with Crippen molar-refractivity contribution in [1.29, 1.82) is 0 Å². The fraction of sp³-hybridized carbons (Fsp3) is 0.0800. The molecular formula is C25H21ClN4OS. The summed E-state index contributed by atoms with van der Waals surface area (Å²) in [5.74, 6) is -0.0952. The molecule has 3 aromatic carbocycles. The molecule has 2 N–H and O–H groups in total. The number of nitrogens with one attached hydrogen (secondary N) is 2. The molecule has 1 aromatic heterocycles. The van der Waals surface area contributed by atoms with Crippen LogP contribution in [0.3, 0.4) is 0 Å². The van der Waals surface area contributed by atoms with Crippen molar-refractivity contribution in [3.63, 3.8) is 0 Å². The van der Waals surface area contributed by atoms with Crippen molar-refractivity contribution in [3.05, 3.63) is 101 Å². The van der Waals surface area contributed by atoms with Crippen LogP contribution in [0, 0.1) is 6.92 Å². The lowest BCUT2D eigenvalue weighted by Crippen LogP contribution is -2.14. The maximum Gasteiger partial charge on any atom is 0.229 e. The van der Waals surface area contributed by atoms with Crippen molar-refractivity contribution in [3.8, 4) is 11.3 Å². The molecule has 4 aromatic rings. The van der Waals surface area contributed by atoms with Crippen LogP contribution in [-0.2, 0) is 11.2 Å². The SMILES string of the molecule is Cc1ccc(-c2nc(N/N=C/c3cccc(Cl)c3)sc2NC(=O)Cc2ccccc2)cc1. The van der Waals surface area contributed by atoms with Crippen molar-refractivity contribution >= 4 is 45.2 Å².